The first kappa shape index (κ1) is 11.0. The lowest BCUT2D eigenvalue weighted by molar-refractivity contribution is 0.738. The standard InChI is InChI=1S/C13H19NS/c14-10-4-3-6-11-5-1-2-7-13(11)15-12-8-9-12/h1-2,5,7,12H,3-4,6,8-10,14H2. The molecule has 1 aliphatic rings. The van der Waals surface area contributed by atoms with Crippen molar-refractivity contribution in [2.75, 3.05) is 6.54 Å². The average Bonchev–Trinajstić information content (AvgIpc) is 3.05. The maximum atomic E-state index is 5.52. The summed E-state index contributed by atoms with van der Waals surface area (Å²) in [7, 11) is 0. The predicted octanol–water partition coefficient (Wildman–Crippen LogP) is 3.22. The second-order valence-electron chi connectivity index (χ2n) is 4.17. The highest BCUT2D eigenvalue weighted by atomic mass is 32.2. The third-order valence-corrected chi connectivity index (χ3v) is 4.15. The van der Waals surface area contributed by atoms with Gasteiger partial charge in [-0.15, -0.1) is 11.8 Å². The van der Waals surface area contributed by atoms with E-state index in [0.717, 1.165) is 18.2 Å². The predicted molar refractivity (Wildman–Crippen MR) is 67.3 cm³/mol. The Morgan fingerprint density at radius 2 is 2.00 bits per heavy atom. The molecule has 2 heteroatoms. The summed E-state index contributed by atoms with van der Waals surface area (Å²) >= 11 is 2.06. The zero-order valence-electron chi connectivity index (χ0n) is 9.11. The van der Waals surface area contributed by atoms with Crippen LogP contribution in [-0.2, 0) is 6.42 Å². The zero-order chi connectivity index (χ0) is 10.5. The molecule has 2 rings (SSSR count). The van der Waals surface area contributed by atoms with E-state index in [9.17, 15) is 0 Å². The van der Waals surface area contributed by atoms with Crippen molar-refractivity contribution in [2.45, 2.75) is 42.2 Å². The fraction of sp³-hybridized carbons (Fsp3) is 0.538. The van der Waals surface area contributed by atoms with Gasteiger partial charge in [0, 0.05) is 10.1 Å². The maximum absolute atomic E-state index is 5.52. The van der Waals surface area contributed by atoms with Crippen molar-refractivity contribution in [3.63, 3.8) is 0 Å². The fourth-order valence-corrected chi connectivity index (χ4v) is 2.86. The molecule has 1 aromatic carbocycles. The van der Waals surface area contributed by atoms with E-state index in [4.69, 9.17) is 5.73 Å². The Balaban J connectivity index is 1.93. The summed E-state index contributed by atoms with van der Waals surface area (Å²) in [6.45, 7) is 0.817. The van der Waals surface area contributed by atoms with E-state index in [1.807, 2.05) is 0 Å². The number of thioether (sulfide) groups is 1. The number of rotatable bonds is 6. The van der Waals surface area contributed by atoms with Crippen LogP contribution in [-0.4, -0.2) is 11.8 Å². The Kier molecular flexibility index (Phi) is 4.09. The van der Waals surface area contributed by atoms with E-state index in [-0.39, 0.29) is 0 Å². The van der Waals surface area contributed by atoms with Gasteiger partial charge >= 0.3 is 0 Å². The summed E-state index contributed by atoms with van der Waals surface area (Å²) in [4.78, 5) is 1.50. The Labute approximate surface area is 96.4 Å². The smallest absolute Gasteiger partial charge is 0.0107 e. The van der Waals surface area contributed by atoms with Gasteiger partial charge in [-0.1, -0.05) is 18.2 Å². The SMILES string of the molecule is NCCCCc1ccccc1SC1CC1. The molecule has 1 saturated carbocycles. The zero-order valence-corrected chi connectivity index (χ0v) is 9.93. The summed E-state index contributed by atoms with van der Waals surface area (Å²) < 4.78 is 0. The first-order valence-corrected chi connectivity index (χ1v) is 6.73. The van der Waals surface area contributed by atoms with E-state index < -0.39 is 0 Å². The van der Waals surface area contributed by atoms with Crippen molar-refractivity contribution in [1.82, 2.24) is 0 Å². The third-order valence-electron chi connectivity index (χ3n) is 2.69. The lowest BCUT2D eigenvalue weighted by Crippen LogP contribution is -1.99. The first-order chi connectivity index (χ1) is 7.40. The molecule has 0 atom stereocenters. The topological polar surface area (TPSA) is 26.0 Å². The molecule has 0 amide bonds. The molecule has 1 nitrogen and oxygen atoms in total. The van der Waals surface area contributed by atoms with Crippen LogP contribution in [0.15, 0.2) is 29.2 Å². The van der Waals surface area contributed by atoms with Gasteiger partial charge in [0.05, 0.1) is 0 Å². The van der Waals surface area contributed by atoms with E-state index in [1.54, 1.807) is 0 Å². The van der Waals surface area contributed by atoms with Crippen LogP contribution in [0, 0.1) is 0 Å². The van der Waals surface area contributed by atoms with Gasteiger partial charge in [0.15, 0.2) is 0 Å². The number of benzene rings is 1. The van der Waals surface area contributed by atoms with Crippen LogP contribution in [0.5, 0.6) is 0 Å². The fourth-order valence-electron chi connectivity index (χ4n) is 1.65. The largest absolute Gasteiger partial charge is 0.330 e. The van der Waals surface area contributed by atoms with Crippen LogP contribution in [0.25, 0.3) is 0 Å². The van der Waals surface area contributed by atoms with Crippen molar-refractivity contribution < 1.29 is 0 Å². The summed E-state index contributed by atoms with van der Waals surface area (Å²) in [5.41, 5.74) is 7.03. The highest BCUT2D eigenvalue weighted by molar-refractivity contribution is 8.00. The summed E-state index contributed by atoms with van der Waals surface area (Å²) in [5.74, 6) is 0. The number of hydrogen-bond donors (Lipinski definition) is 1. The van der Waals surface area contributed by atoms with Gasteiger partial charge in [-0.3, -0.25) is 0 Å². The Morgan fingerprint density at radius 3 is 2.73 bits per heavy atom. The third kappa shape index (κ3) is 3.54. The molecule has 0 aromatic heterocycles. The maximum Gasteiger partial charge on any atom is 0.0107 e. The van der Waals surface area contributed by atoms with Crippen molar-refractivity contribution in [3.8, 4) is 0 Å². The van der Waals surface area contributed by atoms with Crippen LogP contribution < -0.4 is 5.73 Å². The van der Waals surface area contributed by atoms with Crippen LogP contribution in [0.3, 0.4) is 0 Å². The number of aryl methyl sites for hydroxylation is 1. The molecule has 15 heavy (non-hydrogen) atoms. The Morgan fingerprint density at radius 1 is 1.20 bits per heavy atom. The number of unbranched alkanes of at least 4 members (excludes halogenated alkanes) is 1. The number of hydrogen-bond acceptors (Lipinski definition) is 2. The molecule has 1 aliphatic carbocycles. The van der Waals surface area contributed by atoms with Gasteiger partial charge in [0.1, 0.15) is 0 Å². The normalized spacial score (nSPS) is 15.5. The highest BCUT2D eigenvalue weighted by Gasteiger charge is 2.23. The van der Waals surface area contributed by atoms with Crippen molar-refractivity contribution in [2.24, 2.45) is 5.73 Å². The van der Waals surface area contributed by atoms with Gasteiger partial charge in [-0.05, 0) is 50.3 Å². The minimum atomic E-state index is 0.817. The number of nitrogens with two attached hydrogens (primary N) is 1. The molecule has 0 aliphatic heterocycles. The molecular weight excluding hydrogens is 202 g/mol. The lowest BCUT2D eigenvalue weighted by atomic mass is 10.1. The van der Waals surface area contributed by atoms with Gasteiger partial charge < -0.3 is 5.73 Å². The molecular formula is C13H19NS. The van der Waals surface area contributed by atoms with Crippen LogP contribution in [0.4, 0.5) is 0 Å². The van der Waals surface area contributed by atoms with Crippen LogP contribution in [0.1, 0.15) is 31.2 Å². The molecule has 2 N–H and O–H groups in total. The van der Waals surface area contributed by atoms with Gasteiger partial charge in [0.2, 0.25) is 0 Å². The Hall–Kier alpha value is -0.470. The second-order valence-corrected chi connectivity index (χ2v) is 5.51. The molecule has 0 spiro atoms. The monoisotopic (exact) mass is 221 g/mol. The highest BCUT2D eigenvalue weighted by Crippen LogP contribution is 2.40. The van der Waals surface area contributed by atoms with Gasteiger partial charge in [-0.25, -0.2) is 0 Å². The van der Waals surface area contributed by atoms with E-state index >= 15 is 0 Å². The van der Waals surface area contributed by atoms with Gasteiger partial charge in [0.25, 0.3) is 0 Å². The summed E-state index contributed by atoms with van der Waals surface area (Å²) in [6.07, 6.45) is 6.36. The van der Waals surface area contributed by atoms with E-state index in [1.165, 1.54) is 36.1 Å². The molecule has 1 fully saturated rings. The van der Waals surface area contributed by atoms with Crippen molar-refractivity contribution in [1.29, 1.82) is 0 Å². The minimum Gasteiger partial charge on any atom is -0.330 e. The second kappa shape index (κ2) is 5.57. The molecule has 1 aromatic rings. The van der Waals surface area contributed by atoms with Crippen molar-refractivity contribution in [3.05, 3.63) is 29.8 Å². The van der Waals surface area contributed by atoms with E-state index in [2.05, 4.69) is 36.0 Å². The Bertz CT molecular complexity index is 307. The molecule has 0 saturated heterocycles. The minimum absolute atomic E-state index is 0.817. The summed E-state index contributed by atoms with van der Waals surface area (Å²) in [6, 6.07) is 8.83. The van der Waals surface area contributed by atoms with Crippen molar-refractivity contribution >= 4 is 11.8 Å². The van der Waals surface area contributed by atoms with E-state index in [0.29, 0.717) is 0 Å². The average molecular weight is 221 g/mol. The van der Waals surface area contributed by atoms with Gasteiger partial charge in [-0.2, -0.15) is 0 Å². The lowest BCUT2D eigenvalue weighted by Gasteiger charge is -2.07. The molecule has 0 heterocycles. The quantitative estimate of drug-likeness (QED) is 0.746. The summed E-state index contributed by atoms with van der Waals surface area (Å²) in [5, 5.41) is 0.903. The molecule has 0 radical (unpaired) electrons. The molecule has 82 valence electrons. The van der Waals surface area contributed by atoms with Crippen LogP contribution in [0.2, 0.25) is 0 Å². The van der Waals surface area contributed by atoms with Crippen LogP contribution >= 0.6 is 11.8 Å². The first-order valence-electron chi connectivity index (χ1n) is 5.85. The molecule has 0 bridgehead atoms. The molecule has 0 unspecified atom stereocenters.